The lowest BCUT2D eigenvalue weighted by Crippen LogP contribution is -2.37. The number of aliphatic hydroxyl groups excluding tert-OH is 1. The van der Waals surface area contributed by atoms with Gasteiger partial charge in [0.2, 0.25) is 0 Å². The van der Waals surface area contributed by atoms with Crippen LogP contribution in [0, 0.1) is 6.92 Å². The first-order chi connectivity index (χ1) is 18.4. The average molecular weight is 521 g/mol. The summed E-state index contributed by atoms with van der Waals surface area (Å²) in [6.45, 7) is 11.5. The number of aliphatic hydroxyl groups is 1. The molecule has 1 saturated heterocycles. The van der Waals surface area contributed by atoms with Crippen LogP contribution >= 0.6 is 0 Å². The maximum Gasteiger partial charge on any atom is 0.164 e. The van der Waals surface area contributed by atoms with Crippen LogP contribution in [-0.2, 0) is 4.74 Å². The summed E-state index contributed by atoms with van der Waals surface area (Å²) in [4.78, 5) is 12.1. The quantitative estimate of drug-likeness (QED) is 0.275. The Hall–Kier alpha value is -3.80. The number of anilines is 2. The van der Waals surface area contributed by atoms with Crippen molar-refractivity contribution >= 4 is 18.4 Å². The van der Waals surface area contributed by atoms with Crippen LogP contribution in [0.25, 0.3) is 17.1 Å². The van der Waals surface area contributed by atoms with Crippen molar-refractivity contribution in [1.29, 1.82) is 0 Å². The first-order valence-electron chi connectivity index (χ1n) is 12.6. The predicted octanol–water partition coefficient (Wildman–Crippen LogP) is 2.78. The number of nitrogens with one attached hydrogen (secondary N) is 1. The number of hydrazone groups is 1. The lowest BCUT2D eigenvalue weighted by atomic mass is 10.1. The van der Waals surface area contributed by atoms with Gasteiger partial charge in [-0.15, -0.1) is 0 Å². The summed E-state index contributed by atoms with van der Waals surface area (Å²) in [5.74, 6) is 2.44. The first kappa shape index (κ1) is 27.2. The minimum atomic E-state index is -0.654. The van der Waals surface area contributed by atoms with Crippen LogP contribution < -0.4 is 20.0 Å². The number of rotatable bonds is 12. The van der Waals surface area contributed by atoms with E-state index in [1.165, 1.54) is 0 Å². The number of aromatic nitrogens is 4. The molecule has 38 heavy (non-hydrogen) atoms. The van der Waals surface area contributed by atoms with Gasteiger partial charge in [0.1, 0.15) is 24.3 Å². The molecule has 1 atom stereocenters. The molecule has 1 aliphatic heterocycles. The van der Waals surface area contributed by atoms with Gasteiger partial charge in [0, 0.05) is 75.4 Å². The van der Waals surface area contributed by atoms with Gasteiger partial charge in [-0.1, -0.05) is 6.58 Å². The molecule has 0 radical (unpaired) electrons. The second-order valence-electron chi connectivity index (χ2n) is 9.13. The Morgan fingerprint density at radius 1 is 1.29 bits per heavy atom. The fraction of sp³-hybridized carbons (Fsp3) is 0.407. The van der Waals surface area contributed by atoms with Gasteiger partial charge in [-0.25, -0.2) is 19.7 Å². The van der Waals surface area contributed by atoms with E-state index in [0.717, 1.165) is 48.7 Å². The largest absolute Gasteiger partial charge is 0.491 e. The van der Waals surface area contributed by atoms with Crippen LogP contribution in [0.4, 0.5) is 11.6 Å². The lowest BCUT2D eigenvalue weighted by Gasteiger charge is -2.33. The van der Waals surface area contributed by atoms with Crippen molar-refractivity contribution in [2.24, 2.45) is 5.10 Å². The standard InChI is InChI=1S/C27H36N8O3/c1-6-34(29-4)27-19(2)26(33(5)21-8-12-37-13-9-21)31-25(32-27)20-14-22(35-11-7-10-30-35)16-24(15-20)38-18-23(36)17-28-3/h6-7,10-11,14-16,21,23,28,36H,1,4,8-9,12-13,17-18H2,2-3,5H3. The first-order valence-corrected chi connectivity index (χ1v) is 12.6. The zero-order chi connectivity index (χ0) is 27.1. The van der Waals surface area contributed by atoms with Crippen LogP contribution in [-0.4, -0.2) is 84.2 Å². The van der Waals surface area contributed by atoms with Crippen molar-refractivity contribution < 1.29 is 14.6 Å². The molecule has 0 bridgehead atoms. The van der Waals surface area contributed by atoms with E-state index in [4.69, 9.17) is 19.4 Å². The van der Waals surface area contributed by atoms with E-state index in [-0.39, 0.29) is 12.6 Å². The zero-order valence-electron chi connectivity index (χ0n) is 22.2. The van der Waals surface area contributed by atoms with Crippen LogP contribution in [0.15, 0.2) is 54.5 Å². The molecule has 1 aliphatic rings. The van der Waals surface area contributed by atoms with Gasteiger partial charge in [0.05, 0.1) is 5.69 Å². The fourth-order valence-electron chi connectivity index (χ4n) is 4.48. The van der Waals surface area contributed by atoms with Crippen molar-refractivity contribution in [2.45, 2.75) is 31.9 Å². The molecule has 1 unspecified atom stereocenters. The normalized spacial score (nSPS) is 14.6. The molecule has 1 aromatic carbocycles. The third-order valence-corrected chi connectivity index (χ3v) is 6.51. The second-order valence-corrected chi connectivity index (χ2v) is 9.13. The third-order valence-electron chi connectivity index (χ3n) is 6.51. The van der Waals surface area contributed by atoms with Gasteiger partial charge in [-0.05, 0) is 45.0 Å². The summed E-state index contributed by atoms with van der Waals surface area (Å²) in [6, 6.07) is 7.83. The highest BCUT2D eigenvalue weighted by molar-refractivity contribution is 5.70. The third kappa shape index (κ3) is 6.18. The highest BCUT2D eigenvalue weighted by Crippen LogP contribution is 2.34. The highest BCUT2D eigenvalue weighted by Gasteiger charge is 2.25. The Balaban J connectivity index is 1.82. The van der Waals surface area contributed by atoms with E-state index in [1.54, 1.807) is 29.1 Å². The number of likely N-dealkylation sites (N-methyl/N-ethyl adjacent to an activating group) is 1. The molecule has 1 fully saturated rings. The van der Waals surface area contributed by atoms with Gasteiger partial charge in [-0.2, -0.15) is 10.2 Å². The number of nitrogens with zero attached hydrogens (tertiary/aromatic N) is 7. The number of benzene rings is 1. The van der Waals surface area contributed by atoms with E-state index in [2.05, 4.69) is 40.8 Å². The Bertz CT molecular complexity index is 1220. The van der Waals surface area contributed by atoms with Crippen LogP contribution in [0.3, 0.4) is 0 Å². The second kappa shape index (κ2) is 12.6. The smallest absolute Gasteiger partial charge is 0.164 e. The van der Waals surface area contributed by atoms with Gasteiger partial charge in [-0.3, -0.25) is 0 Å². The highest BCUT2D eigenvalue weighted by atomic mass is 16.5. The van der Waals surface area contributed by atoms with Crippen molar-refractivity contribution in [1.82, 2.24) is 25.1 Å². The lowest BCUT2D eigenvalue weighted by molar-refractivity contribution is 0.0853. The van der Waals surface area contributed by atoms with Gasteiger partial charge in [0.15, 0.2) is 11.6 Å². The van der Waals surface area contributed by atoms with E-state index in [1.807, 2.05) is 37.4 Å². The van der Waals surface area contributed by atoms with Gasteiger partial charge < -0.3 is 24.8 Å². The van der Waals surface area contributed by atoms with Crippen LogP contribution in [0.5, 0.6) is 5.75 Å². The molecule has 0 saturated carbocycles. The number of ether oxygens (including phenoxy) is 2. The summed E-state index contributed by atoms with van der Waals surface area (Å²) >= 11 is 0. The number of hydrogen-bond acceptors (Lipinski definition) is 10. The molecule has 2 N–H and O–H groups in total. The maximum atomic E-state index is 10.2. The summed E-state index contributed by atoms with van der Waals surface area (Å²) in [5, 5.41) is 23.1. The van der Waals surface area contributed by atoms with E-state index in [9.17, 15) is 5.11 Å². The maximum absolute atomic E-state index is 10.2. The fourth-order valence-corrected chi connectivity index (χ4v) is 4.48. The summed E-state index contributed by atoms with van der Waals surface area (Å²) in [7, 11) is 3.84. The number of hydrogen-bond donors (Lipinski definition) is 2. The van der Waals surface area contributed by atoms with E-state index in [0.29, 0.717) is 23.9 Å². The summed E-state index contributed by atoms with van der Waals surface area (Å²) in [6.07, 6.45) is 6.31. The zero-order valence-corrected chi connectivity index (χ0v) is 22.2. The van der Waals surface area contributed by atoms with Crippen molar-refractivity contribution in [3.63, 3.8) is 0 Å². The SMILES string of the molecule is C=CN(N=C)c1nc(-c2cc(OCC(O)CNC)cc(-n3cccn3)c2)nc(N(C)C2CCOCC2)c1C. The molecule has 11 heteroatoms. The molecule has 202 valence electrons. The minimum Gasteiger partial charge on any atom is -0.491 e. The topological polar surface area (TPSA) is 113 Å². The summed E-state index contributed by atoms with van der Waals surface area (Å²) in [5.41, 5.74) is 2.37. The van der Waals surface area contributed by atoms with Gasteiger partial charge in [0.25, 0.3) is 0 Å². The summed E-state index contributed by atoms with van der Waals surface area (Å²) < 4.78 is 13.3. The molecule has 0 amide bonds. The van der Waals surface area contributed by atoms with Crippen molar-refractivity contribution in [3.8, 4) is 22.8 Å². The monoisotopic (exact) mass is 520 g/mol. The molecule has 3 heterocycles. The van der Waals surface area contributed by atoms with E-state index >= 15 is 0 Å². The molecule has 11 nitrogen and oxygen atoms in total. The van der Waals surface area contributed by atoms with Crippen LogP contribution in [0.1, 0.15) is 18.4 Å². The molecular weight excluding hydrogens is 484 g/mol. The van der Waals surface area contributed by atoms with Gasteiger partial charge >= 0.3 is 0 Å². The Kier molecular flexibility index (Phi) is 9.06. The molecule has 4 rings (SSSR count). The molecule has 0 aliphatic carbocycles. The predicted molar refractivity (Wildman–Crippen MR) is 149 cm³/mol. The minimum absolute atomic E-state index is 0.130. The Morgan fingerprint density at radius 2 is 2.05 bits per heavy atom. The van der Waals surface area contributed by atoms with Crippen molar-refractivity contribution in [3.05, 3.63) is 55.0 Å². The van der Waals surface area contributed by atoms with Crippen LogP contribution in [0.2, 0.25) is 0 Å². The van der Waals surface area contributed by atoms with Crippen molar-refractivity contribution in [2.75, 3.05) is 50.4 Å². The molecule has 2 aromatic heterocycles. The van der Waals surface area contributed by atoms with E-state index < -0.39 is 6.10 Å². The molecular formula is C27H36N8O3. The molecule has 0 spiro atoms. The average Bonchev–Trinajstić information content (AvgIpc) is 3.49. The molecule has 3 aromatic rings. The Morgan fingerprint density at radius 3 is 2.71 bits per heavy atom. The Labute approximate surface area is 223 Å².